The highest BCUT2D eigenvalue weighted by atomic mass is 16.1. The maximum absolute atomic E-state index is 10.3. The van der Waals surface area contributed by atoms with Crippen LogP contribution in [0.1, 0.15) is 6.42 Å². The number of hydrogen-bond donors (Lipinski definition) is 1. The minimum atomic E-state index is 0.0453. The highest BCUT2D eigenvalue weighted by Crippen LogP contribution is 2.11. The predicted molar refractivity (Wildman–Crippen MR) is 36.6 cm³/mol. The van der Waals surface area contributed by atoms with Crippen molar-refractivity contribution in [2.75, 3.05) is 13.1 Å². The molecule has 0 spiro atoms. The van der Waals surface area contributed by atoms with Gasteiger partial charge in [0.15, 0.2) is 0 Å². The van der Waals surface area contributed by atoms with Crippen LogP contribution >= 0.6 is 0 Å². The fraction of sp³-hybridized carbons (Fsp3) is 0.714. The Morgan fingerprint density at radius 3 is 2.00 bits per heavy atom. The number of carbonyl (C=O) groups is 2. The van der Waals surface area contributed by atoms with E-state index in [1.807, 2.05) is 0 Å². The van der Waals surface area contributed by atoms with Gasteiger partial charge in [-0.25, -0.2) is 0 Å². The summed E-state index contributed by atoms with van der Waals surface area (Å²) in [6.45, 7) is 1.46. The van der Waals surface area contributed by atoms with Crippen molar-refractivity contribution < 1.29 is 9.59 Å². The molecule has 0 amide bonds. The summed E-state index contributed by atoms with van der Waals surface area (Å²) in [6, 6.07) is 0. The summed E-state index contributed by atoms with van der Waals surface area (Å²) in [5.74, 6) is 0.0906. The van der Waals surface area contributed by atoms with Gasteiger partial charge in [-0.05, 0) is 6.42 Å². The quantitative estimate of drug-likeness (QED) is 0.533. The summed E-state index contributed by atoms with van der Waals surface area (Å²) in [5.41, 5.74) is 0. The molecule has 1 aliphatic heterocycles. The lowest BCUT2D eigenvalue weighted by Gasteiger charge is -2.22. The van der Waals surface area contributed by atoms with Gasteiger partial charge in [0.25, 0.3) is 0 Å². The molecule has 56 valence electrons. The van der Waals surface area contributed by atoms with Crippen LogP contribution in [0.5, 0.6) is 0 Å². The van der Waals surface area contributed by atoms with Gasteiger partial charge in [0.1, 0.15) is 12.6 Å². The van der Waals surface area contributed by atoms with Crippen LogP contribution < -0.4 is 5.32 Å². The van der Waals surface area contributed by atoms with Crippen molar-refractivity contribution in [1.29, 1.82) is 0 Å². The molecular weight excluding hydrogens is 130 g/mol. The lowest BCUT2D eigenvalue weighted by atomic mass is 9.93. The van der Waals surface area contributed by atoms with E-state index >= 15 is 0 Å². The average Bonchev–Trinajstić information content (AvgIpc) is 2.05. The first-order valence-electron chi connectivity index (χ1n) is 3.48. The van der Waals surface area contributed by atoms with E-state index in [1.165, 1.54) is 0 Å². The minimum absolute atomic E-state index is 0.0453. The zero-order chi connectivity index (χ0) is 7.40. The van der Waals surface area contributed by atoms with Crippen LogP contribution in [0.4, 0.5) is 0 Å². The molecule has 0 radical (unpaired) electrons. The van der Waals surface area contributed by atoms with Crippen molar-refractivity contribution in [3.63, 3.8) is 0 Å². The second-order valence-electron chi connectivity index (χ2n) is 2.69. The zero-order valence-corrected chi connectivity index (χ0v) is 5.75. The van der Waals surface area contributed by atoms with E-state index in [2.05, 4.69) is 5.32 Å². The van der Waals surface area contributed by atoms with Crippen LogP contribution in [-0.4, -0.2) is 25.7 Å². The monoisotopic (exact) mass is 141 g/mol. The normalized spacial score (nSPS) is 33.2. The maximum Gasteiger partial charge on any atom is 0.124 e. The number of aldehydes is 2. The molecule has 2 atom stereocenters. The van der Waals surface area contributed by atoms with E-state index in [9.17, 15) is 9.59 Å². The third kappa shape index (κ3) is 1.64. The molecule has 1 fully saturated rings. The molecule has 0 aromatic rings. The Morgan fingerprint density at radius 2 is 1.60 bits per heavy atom. The molecular formula is C7H11NO2. The van der Waals surface area contributed by atoms with Crippen molar-refractivity contribution in [2.24, 2.45) is 11.8 Å². The molecule has 1 N–H and O–H groups in total. The number of hydrogen-bond acceptors (Lipinski definition) is 3. The SMILES string of the molecule is O=CC1CNCC(C=O)C1. The summed E-state index contributed by atoms with van der Waals surface area (Å²) >= 11 is 0. The summed E-state index contributed by atoms with van der Waals surface area (Å²) in [6.07, 6.45) is 2.56. The first kappa shape index (κ1) is 7.41. The molecule has 0 aromatic carbocycles. The Kier molecular flexibility index (Phi) is 2.57. The van der Waals surface area contributed by atoms with E-state index in [1.54, 1.807) is 0 Å². The van der Waals surface area contributed by atoms with E-state index in [0.29, 0.717) is 0 Å². The molecule has 0 saturated carbocycles. The van der Waals surface area contributed by atoms with Gasteiger partial charge in [-0.1, -0.05) is 0 Å². The van der Waals surface area contributed by atoms with Crippen molar-refractivity contribution in [3.05, 3.63) is 0 Å². The summed E-state index contributed by atoms with van der Waals surface area (Å²) in [5, 5.41) is 3.02. The van der Waals surface area contributed by atoms with Crippen LogP contribution in [0.2, 0.25) is 0 Å². The van der Waals surface area contributed by atoms with Crippen LogP contribution in [0.25, 0.3) is 0 Å². The van der Waals surface area contributed by atoms with Gasteiger partial charge in [0.2, 0.25) is 0 Å². The van der Waals surface area contributed by atoms with Gasteiger partial charge >= 0.3 is 0 Å². The molecule has 1 heterocycles. The Hall–Kier alpha value is -0.700. The molecule has 10 heavy (non-hydrogen) atoms. The number of rotatable bonds is 2. The Bertz CT molecular complexity index is 122. The standard InChI is InChI=1S/C7H11NO2/c9-4-6-1-7(5-10)3-8-2-6/h4-8H,1-3H2. The molecule has 0 aromatic heterocycles. The lowest BCUT2D eigenvalue weighted by Crippen LogP contribution is -2.37. The Balaban J connectivity index is 2.38. The highest BCUT2D eigenvalue weighted by molar-refractivity contribution is 5.59. The fourth-order valence-electron chi connectivity index (χ4n) is 1.22. The zero-order valence-electron chi connectivity index (χ0n) is 5.75. The second kappa shape index (κ2) is 3.46. The van der Waals surface area contributed by atoms with Gasteiger partial charge in [0, 0.05) is 24.9 Å². The third-order valence-corrected chi connectivity index (χ3v) is 1.80. The number of nitrogens with one attached hydrogen (secondary N) is 1. The van der Waals surface area contributed by atoms with Gasteiger partial charge in [-0.3, -0.25) is 0 Å². The van der Waals surface area contributed by atoms with Crippen LogP contribution in [0.3, 0.4) is 0 Å². The maximum atomic E-state index is 10.3. The van der Waals surface area contributed by atoms with Gasteiger partial charge in [0.05, 0.1) is 0 Å². The summed E-state index contributed by atoms with van der Waals surface area (Å²) in [4.78, 5) is 20.5. The first-order valence-corrected chi connectivity index (χ1v) is 3.48. The van der Waals surface area contributed by atoms with Crippen molar-refractivity contribution in [3.8, 4) is 0 Å². The molecule has 1 aliphatic rings. The summed E-state index contributed by atoms with van der Waals surface area (Å²) in [7, 11) is 0. The molecule has 3 nitrogen and oxygen atoms in total. The van der Waals surface area contributed by atoms with E-state index in [-0.39, 0.29) is 11.8 Å². The van der Waals surface area contributed by atoms with Gasteiger partial charge in [-0.2, -0.15) is 0 Å². The van der Waals surface area contributed by atoms with Crippen molar-refractivity contribution in [1.82, 2.24) is 5.32 Å². The number of piperidine rings is 1. The second-order valence-corrected chi connectivity index (χ2v) is 2.69. The minimum Gasteiger partial charge on any atom is -0.315 e. The molecule has 3 heteroatoms. The average molecular weight is 141 g/mol. The van der Waals surface area contributed by atoms with E-state index in [4.69, 9.17) is 0 Å². The van der Waals surface area contributed by atoms with Crippen LogP contribution in [0.15, 0.2) is 0 Å². The Labute approximate surface area is 59.8 Å². The van der Waals surface area contributed by atoms with Crippen LogP contribution in [0, 0.1) is 11.8 Å². The van der Waals surface area contributed by atoms with Crippen molar-refractivity contribution >= 4 is 12.6 Å². The largest absolute Gasteiger partial charge is 0.315 e. The first-order chi connectivity index (χ1) is 4.86. The predicted octanol–water partition coefficient (Wildman–Crippen LogP) is -0.390. The van der Waals surface area contributed by atoms with Crippen molar-refractivity contribution in [2.45, 2.75) is 6.42 Å². The topological polar surface area (TPSA) is 46.2 Å². The molecule has 1 saturated heterocycles. The highest BCUT2D eigenvalue weighted by Gasteiger charge is 2.19. The summed E-state index contributed by atoms with van der Waals surface area (Å²) < 4.78 is 0. The molecule has 2 unspecified atom stereocenters. The van der Waals surface area contributed by atoms with Gasteiger partial charge in [-0.15, -0.1) is 0 Å². The number of carbonyl (C=O) groups excluding carboxylic acids is 2. The fourth-order valence-corrected chi connectivity index (χ4v) is 1.22. The molecule has 0 aliphatic carbocycles. The van der Waals surface area contributed by atoms with E-state index in [0.717, 1.165) is 32.1 Å². The smallest absolute Gasteiger partial charge is 0.124 e. The van der Waals surface area contributed by atoms with Gasteiger partial charge < -0.3 is 14.9 Å². The molecule has 1 rings (SSSR count). The molecule has 0 bridgehead atoms. The third-order valence-electron chi connectivity index (χ3n) is 1.80. The lowest BCUT2D eigenvalue weighted by molar-refractivity contribution is -0.114. The van der Waals surface area contributed by atoms with Crippen LogP contribution in [-0.2, 0) is 9.59 Å². The Morgan fingerprint density at radius 1 is 1.10 bits per heavy atom. The van der Waals surface area contributed by atoms with E-state index < -0.39 is 0 Å².